The summed E-state index contributed by atoms with van der Waals surface area (Å²) in [6.45, 7) is 0.503. The molecule has 12 heteroatoms. The Labute approximate surface area is 231 Å². The molecular formula is C26H27Cl2N3O6S. The number of benzene rings is 2. The average Bonchev–Trinajstić information content (AvgIpc) is 2.88. The fourth-order valence-corrected chi connectivity index (χ4v) is 4.71. The molecule has 1 aromatic heterocycles. The van der Waals surface area contributed by atoms with E-state index in [0.29, 0.717) is 47.2 Å². The van der Waals surface area contributed by atoms with Gasteiger partial charge < -0.3 is 10.1 Å². The number of unbranched alkanes of at least 4 members (excludes halogenated alkanes) is 3. The minimum atomic E-state index is -3.45. The standard InChI is InChI=1S/C26H27Cl2N3O6S/c1-38(35,36)19-9-10-20(23(28)15-19)26(33)30-17-7-11-22(27)21(14-17)24-12-8-18(16-29-24)37-13-5-3-2-4-6-25(32)31-34/h7-12,14-16,34H,2-6,13H2,1H3,(H,30,33)(H,31,32). The molecule has 2 aromatic carbocycles. The van der Waals surface area contributed by atoms with E-state index in [9.17, 15) is 18.0 Å². The van der Waals surface area contributed by atoms with Gasteiger partial charge in [0.25, 0.3) is 5.91 Å². The van der Waals surface area contributed by atoms with Gasteiger partial charge >= 0.3 is 0 Å². The summed E-state index contributed by atoms with van der Waals surface area (Å²) < 4.78 is 29.1. The lowest BCUT2D eigenvalue weighted by atomic mass is 10.1. The van der Waals surface area contributed by atoms with Crippen molar-refractivity contribution in [3.05, 3.63) is 70.3 Å². The summed E-state index contributed by atoms with van der Waals surface area (Å²) in [7, 11) is -3.45. The third kappa shape index (κ3) is 8.42. The number of anilines is 1. The number of nitrogens with zero attached hydrogens (tertiary/aromatic N) is 1. The van der Waals surface area contributed by atoms with E-state index in [0.717, 1.165) is 25.5 Å². The highest BCUT2D eigenvalue weighted by Crippen LogP contribution is 2.31. The highest BCUT2D eigenvalue weighted by Gasteiger charge is 2.16. The molecule has 3 rings (SSSR count). The molecule has 0 atom stereocenters. The topological polar surface area (TPSA) is 135 Å². The van der Waals surface area contributed by atoms with Crippen LogP contribution in [0.2, 0.25) is 10.0 Å². The maximum absolute atomic E-state index is 12.8. The first-order valence-electron chi connectivity index (χ1n) is 11.7. The zero-order valence-electron chi connectivity index (χ0n) is 20.5. The van der Waals surface area contributed by atoms with E-state index in [1.54, 1.807) is 42.0 Å². The number of rotatable bonds is 12. The van der Waals surface area contributed by atoms with E-state index in [1.165, 1.54) is 18.2 Å². The molecule has 0 aliphatic rings. The molecule has 2 amide bonds. The number of carbonyl (C=O) groups is 2. The maximum Gasteiger partial charge on any atom is 0.257 e. The van der Waals surface area contributed by atoms with Crippen LogP contribution in [0.15, 0.2) is 59.6 Å². The normalized spacial score (nSPS) is 11.2. The van der Waals surface area contributed by atoms with E-state index in [2.05, 4.69) is 10.3 Å². The minimum absolute atomic E-state index is 0.0194. The third-order valence-corrected chi connectivity index (χ3v) is 7.29. The minimum Gasteiger partial charge on any atom is -0.492 e. The van der Waals surface area contributed by atoms with Crippen LogP contribution < -0.4 is 15.5 Å². The van der Waals surface area contributed by atoms with Crippen molar-refractivity contribution in [1.29, 1.82) is 0 Å². The number of hydrogen-bond acceptors (Lipinski definition) is 7. The molecule has 0 aliphatic heterocycles. The van der Waals surface area contributed by atoms with Gasteiger partial charge in [-0.2, -0.15) is 0 Å². The van der Waals surface area contributed by atoms with Crippen molar-refractivity contribution >= 4 is 50.5 Å². The Morgan fingerprint density at radius 1 is 0.974 bits per heavy atom. The molecular weight excluding hydrogens is 553 g/mol. The molecule has 0 unspecified atom stereocenters. The number of pyridine rings is 1. The molecule has 9 nitrogen and oxygen atoms in total. The number of hydrogen-bond donors (Lipinski definition) is 3. The number of aromatic nitrogens is 1. The second-order valence-electron chi connectivity index (χ2n) is 8.49. The van der Waals surface area contributed by atoms with Gasteiger partial charge in [-0.1, -0.05) is 36.0 Å². The molecule has 0 bridgehead atoms. The van der Waals surface area contributed by atoms with Gasteiger partial charge in [0.05, 0.1) is 39.0 Å². The number of ether oxygens (including phenoxy) is 1. The largest absolute Gasteiger partial charge is 0.492 e. The predicted molar refractivity (Wildman–Crippen MR) is 146 cm³/mol. The third-order valence-electron chi connectivity index (χ3n) is 5.54. The van der Waals surface area contributed by atoms with Crippen molar-refractivity contribution in [2.24, 2.45) is 0 Å². The first-order chi connectivity index (χ1) is 18.1. The number of amides is 2. The maximum atomic E-state index is 12.8. The van der Waals surface area contributed by atoms with E-state index in [4.69, 9.17) is 33.1 Å². The zero-order chi connectivity index (χ0) is 27.7. The van der Waals surface area contributed by atoms with Crippen molar-refractivity contribution in [3.63, 3.8) is 0 Å². The molecule has 202 valence electrons. The van der Waals surface area contributed by atoms with Crippen LogP contribution in [0.25, 0.3) is 11.3 Å². The molecule has 1 heterocycles. The van der Waals surface area contributed by atoms with Gasteiger partial charge in [-0.15, -0.1) is 0 Å². The zero-order valence-corrected chi connectivity index (χ0v) is 22.9. The lowest BCUT2D eigenvalue weighted by molar-refractivity contribution is -0.129. The SMILES string of the molecule is CS(=O)(=O)c1ccc(C(=O)Nc2ccc(Cl)c(-c3ccc(OCCCCCCC(=O)NO)cn3)c2)c(Cl)c1. The second kappa shape index (κ2) is 13.6. The fraction of sp³-hybridized carbons (Fsp3) is 0.269. The van der Waals surface area contributed by atoms with Crippen LogP contribution in [-0.2, 0) is 14.6 Å². The monoisotopic (exact) mass is 579 g/mol. The highest BCUT2D eigenvalue weighted by molar-refractivity contribution is 7.90. The quantitative estimate of drug-likeness (QED) is 0.145. The van der Waals surface area contributed by atoms with E-state index < -0.39 is 15.7 Å². The van der Waals surface area contributed by atoms with Gasteiger partial charge in [-0.25, -0.2) is 13.9 Å². The first kappa shape index (κ1) is 29.4. The molecule has 0 saturated carbocycles. The van der Waals surface area contributed by atoms with Crippen molar-refractivity contribution in [2.45, 2.75) is 37.0 Å². The lowest BCUT2D eigenvalue weighted by Crippen LogP contribution is -2.17. The van der Waals surface area contributed by atoms with Crippen LogP contribution in [-0.4, -0.2) is 43.3 Å². The summed E-state index contributed by atoms with van der Waals surface area (Å²) in [5.74, 6) is -0.288. The van der Waals surface area contributed by atoms with Crippen LogP contribution in [0.3, 0.4) is 0 Å². The summed E-state index contributed by atoms with van der Waals surface area (Å²) in [5, 5.41) is 11.7. The van der Waals surface area contributed by atoms with Crippen molar-refractivity contribution < 1.29 is 28.0 Å². The van der Waals surface area contributed by atoms with Crippen LogP contribution in [0.5, 0.6) is 5.75 Å². The van der Waals surface area contributed by atoms with Gasteiger partial charge in [-0.3, -0.25) is 19.8 Å². The van der Waals surface area contributed by atoms with Crippen molar-refractivity contribution in [2.75, 3.05) is 18.2 Å². The highest BCUT2D eigenvalue weighted by atomic mass is 35.5. The molecule has 0 saturated heterocycles. The van der Waals surface area contributed by atoms with Gasteiger partial charge in [0, 0.05) is 23.9 Å². The first-order valence-corrected chi connectivity index (χ1v) is 14.4. The molecule has 0 aliphatic carbocycles. The number of sulfone groups is 1. The number of carbonyl (C=O) groups excluding carboxylic acids is 2. The number of halogens is 2. The van der Waals surface area contributed by atoms with Gasteiger partial charge in [0.2, 0.25) is 5.91 Å². The molecule has 0 radical (unpaired) electrons. The Kier molecular flexibility index (Phi) is 10.5. The summed E-state index contributed by atoms with van der Waals surface area (Å²) in [5.41, 5.74) is 3.38. The Bertz CT molecular complexity index is 1400. The fourth-order valence-electron chi connectivity index (χ4n) is 3.52. The van der Waals surface area contributed by atoms with Gasteiger partial charge in [-0.05, 0) is 61.4 Å². The smallest absolute Gasteiger partial charge is 0.257 e. The summed E-state index contributed by atoms with van der Waals surface area (Å²) in [6.07, 6.45) is 6.22. The molecule has 3 aromatic rings. The van der Waals surface area contributed by atoms with Crippen molar-refractivity contribution in [3.8, 4) is 17.0 Å². The summed E-state index contributed by atoms with van der Waals surface area (Å²) in [4.78, 5) is 28.2. The molecule has 0 fully saturated rings. The van der Waals surface area contributed by atoms with Crippen LogP contribution in [0.4, 0.5) is 5.69 Å². The number of nitrogens with one attached hydrogen (secondary N) is 2. The lowest BCUT2D eigenvalue weighted by Gasteiger charge is -2.11. The second-order valence-corrected chi connectivity index (χ2v) is 11.3. The molecule has 38 heavy (non-hydrogen) atoms. The molecule has 0 spiro atoms. The van der Waals surface area contributed by atoms with Crippen LogP contribution >= 0.6 is 23.2 Å². The Hall–Kier alpha value is -3.18. The van der Waals surface area contributed by atoms with E-state index >= 15 is 0 Å². The number of hydroxylamine groups is 1. The Morgan fingerprint density at radius 2 is 1.74 bits per heavy atom. The van der Waals surface area contributed by atoms with E-state index in [1.807, 2.05) is 0 Å². The average molecular weight is 580 g/mol. The Balaban J connectivity index is 1.59. The van der Waals surface area contributed by atoms with Gasteiger partial charge in [0.15, 0.2) is 9.84 Å². The van der Waals surface area contributed by atoms with Crippen LogP contribution in [0.1, 0.15) is 42.5 Å². The van der Waals surface area contributed by atoms with Gasteiger partial charge in [0.1, 0.15) is 5.75 Å². The summed E-state index contributed by atoms with van der Waals surface area (Å²) in [6, 6.07) is 12.4. The molecule has 3 N–H and O–H groups in total. The van der Waals surface area contributed by atoms with Crippen LogP contribution in [0, 0.1) is 0 Å². The predicted octanol–water partition coefficient (Wildman–Crippen LogP) is 5.55. The van der Waals surface area contributed by atoms with Crippen molar-refractivity contribution in [1.82, 2.24) is 10.5 Å². The summed E-state index contributed by atoms with van der Waals surface area (Å²) >= 11 is 12.5. The Morgan fingerprint density at radius 3 is 2.39 bits per heavy atom. The van der Waals surface area contributed by atoms with E-state index in [-0.39, 0.29) is 21.4 Å².